The lowest BCUT2D eigenvalue weighted by Gasteiger charge is -2.17. The van der Waals surface area contributed by atoms with E-state index in [0.29, 0.717) is 12.8 Å². The molecule has 0 rings (SSSR count). The Kier molecular flexibility index (Phi) is 32.1. The molecular weight excluding hydrogens is 508 g/mol. The van der Waals surface area contributed by atoms with Crippen LogP contribution in [0.15, 0.2) is 12.2 Å². The van der Waals surface area contributed by atoms with Crippen LogP contribution in [0.5, 0.6) is 0 Å². The lowest BCUT2D eigenvalue weighted by Crippen LogP contribution is -2.18. The van der Waals surface area contributed by atoms with E-state index in [9.17, 15) is 9.59 Å². The van der Waals surface area contributed by atoms with Gasteiger partial charge in [0.2, 0.25) is 0 Å². The number of carboxylic acid groups (broad SMARTS) is 1. The minimum absolute atomic E-state index is 0.0135. The first-order chi connectivity index (χ1) is 20.1. The number of unbranched alkanes of at least 4 members (excludes halogenated alkanes) is 22. The average Bonchev–Trinajstić information content (AvgIpc) is 2.95. The molecule has 0 fully saturated rings. The van der Waals surface area contributed by atoms with Gasteiger partial charge in [0.05, 0.1) is 0 Å². The third kappa shape index (κ3) is 33.1. The van der Waals surface area contributed by atoms with E-state index in [1.54, 1.807) is 0 Å². The van der Waals surface area contributed by atoms with Gasteiger partial charge < -0.3 is 9.84 Å². The van der Waals surface area contributed by atoms with Crippen LogP contribution in [0.1, 0.15) is 206 Å². The van der Waals surface area contributed by atoms with Crippen LogP contribution in [0.4, 0.5) is 0 Å². The molecule has 1 atom stereocenters. The van der Waals surface area contributed by atoms with E-state index < -0.39 is 5.97 Å². The number of hydrogen-bond acceptors (Lipinski definition) is 3. The summed E-state index contributed by atoms with van der Waals surface area (Å²) in [5, 5.41) is 8.66. The quantitative estimate of drug-likeness (QED) is 0.0478. The van der Waals surface area contributed by atoms with Crippen molar-refractivity contribution in [2.24, 2.45) is 0 Å². The molecule has 0 bridgehead atoms. The number of carboxylic acids is 1. The van der Waals surface area contributed by atoms with E-state index in [4.69, 9.17) is 9.84 Å². The molecule has 4 nitrogen and oxygen atoms in total. The first-order valence-corrected chi connectivity index (χ1v) is 18.2. The molecule has 0 aliphatic rings. The summed E-state index contributed by atoms with van der Waals surface area (Å²) >= 11 is 0. The van der Waals surface area contributed by atoms with Crippen LogP contribution in [0.2, 0.25) is 0 Å². The summed E-state index contributed by atoms with van der Waals surface area (Å²) in [4.78, 5) is 22.9. The van der Waals surface area contributed by atoms with Gasteiger partial charge in [-0.25, -0.2) is 0 Å². The molecule has 0 aromatic heterocycles. The van der Waals surface area contributed by atoms with Gasteiger partial charge in [-0.1, -0.05) is 148 Å². The lowest BCUT2D eigenvalue weighted by atomic mass is 10.0. The van der Waals surface area contributed by atoms with Gasteiger partial charge in [-0.15, -0.1) is 0 Å². The summed E-state index contributed by atoms with van der Waals surface area (Å²) in [5.41, 5.74) is 0. The molecule has 0 saturated carbocycles. The van der Waals surface area contributed by atoms with Gasteiger partial charge in [0, 0.05) is 12.8 Å². The van der Waals surface area contributed by atoms with E-state index in [-0.39, 0.29) is 12.1 Å². The van der Waals surface area contributed by atoms with Crippen LogP contribution in [-0.4, -0.2) is 23.1 Å². The van der Waals surface area contributed by atoms with Gasteiger partial charge in [0.15, 0.2) is 0 Å². The van der Waals surface area contributed by atoms with Crippen LogP contribution in [0.25, 0.3) is 0 Å². The molecule has 0 amide bonds. The third-order valence-corrected chi connectivity index (χ3v) is 8.22. The Morgan fingerprint density at radius 2 is 0.927 bits per heavy atom. The number of carbonyl (C=O) groups is 2. The first-order valence-electron chi connectivity index (χ1n) is 18.2. The van der Waals surface area contributed by atoms with E-state index in [0.717, 1.165) is 57.8 Å². The Morgan fingerprint density at radius 1 is 0.512 bits per heavy atom. The number of esters is 1. The molecular formula is C37H70O4. The van der Waals surface area contributed by atoms with Gasteiger partial charge in [-0.3, -0.25) is 9.59 Å². The number of hydrogen-bond donors (Lipinski definition) is 1. The summed E-state index contributed by atoms with van der Waals surface area (Å²) in [6, 6.07) is 0. The van der Waals surface area contributed by atoms with Crippen LogP contribution in [0.3, 0.4) is 0 Å². The minimum Gasteiger partial charge on any atom is -0.481 e. The summed E-state index contributed by atoms with van der Waals surface area (Å²) in [7, 11) is 0. The van der Waals surface area contributed by atoms with Gasteiger partial charge in [-0.2, -0.15) is 0 Å². The largest absolute Gasteiger partial charge is 0.481 e. The first kappa shape index (κ1) is 39.7. The van der Waals surface area contributed by atoms with Gasteiger partial charge in [-0.05, 0) is 57.8 Å². The smallest absolute Gasteiger partial charge is 0.306 e. The lowest BCUT2D eigenvalue weighted by molar-refractivity contribution is -0.150. The van der Waals surface area contributed by atoms with Crippen molar-refractivity contribution >= 4 is 11.9 Å². The number of carbonyl (C=O) groups excluding carboxylic acids is 1. The van der Waals surface area contributed by atoms with Crippen molar-refractivity contribution in [3.05, 3.63) is 12.2 Å². The zero-order valence-corrected chi connectivity index (χ0v) is 27.6. The van der Waals surface area contributed by atoms with Crippen molar-refractivity contribution in [2.75, 3.05) is 0 Å². The maximum atomic E-state index is 12.4. The second-order valence-corrected chi connectivity index (χ2v) is 12.4. The zero-order valence-electron chi connectivity index (χ0n) is 27.6. The minimum atomic E-state index is -0.676. The van der Waals surface area contributed by atoms with E-state index in [2.05, 4.69) is 26.0 Å². The molecule has 0 aliphatic heterocycles. The van der Waals surface area contributed by atoms with Crippen molar-refractivity contribution in [2.45, 2.75) is 213 Å². The Hall–Kier alpha value is -1.32. The second kappa shape index (κ2) is 33.2. The molecule has 0 heterocycles. The highest BCUT2D eigenvalue weighted by Gasteiger charge is 2.13. The van der Waals surface area contributed by atoms with E-state index in [1.807, 2.05) is 0 Å². The molecule has 41 heavy (non-hydrogen) atoms. The molecule has 0 radical (unpaired) electrons. The van der Waals surface area contributed by atoms with Crippen LogP contribution in [-0.2, 0) is 14.3 Å². The Balaban J connectivity index is 3.54. The standard InChI is InChI=1S/C37H70O4/c1-3-5-6-7-8-9-10-11-12-13-14-15-16-21-24-27-30-34-37(40)41-35(31-4-2)32-28-25-22-19-17-18-20-23-26-29-33-36(38)39/h11-12,35H,3-10,13-34H2,1-2H3,(H,38,39)/b12-11-. The highest BCUT2D eigenvalue weighted by atomic mass is 16.5. The van der Waals surface area contributed by atoms with Crippen LogP contribution in [0, 0.1) is 0 Å². The van der Waals surface area contributed by atoms with E-state index in [1.165, 1.54) is 122 Å². The van der Waals surface area contributed by atoms with E-state index >= 15 is 0 Å². The second-order valence-electron chi connectivity index (χ2n) is 12.4. The highest BCUT2D eigenvalue weighted by Crippen LogP contribution is 2.17. The molecule has 0 aromatic rings. The fraction of sp³-hybridized carbons (Fsp3) is 0.892. The van der Waals surface area contributed by atoms with Crippen LogP contribution < -0.4 is 0 Å². The molecule has 1 unspecified atom stereocenters. The number of allylic oxidation sites excluding steroid dienone is 2. The summed E-state index contributed by atoms with van der Waals surface area (Å²) in [6.45, 7) is 4.45. The number of rotatable bonds is 33. The molecule has 0 saturated heterocycles. The Labute approximate surface area is 255 Å². The number of ether oxygens (including phenoxy) is 1. The Morgan fingerprint density at radius 3 is 1.39 bits per heavy atom. The average molecular weight is 579 g/mol. The van der Waals surface area contributed by atoms with Crippen molar-refractivity contribution in [3.8, 4) is 0 Å². The normalized spacial score (nSPS) is 12.2. The predicted molar refractivity (Wildman–Crippen MR) is 177 cm³/mol. The fourth-order valence-corrected chi connectivity index (χ4v) is 5.59. The van der Waals surface area contributed by atoms with Crippen molar-refractivity contribution in [3.63, 3.8) is 0 Å². The summed E-state index contributed by atoms with van der Waals surface area (Å²) in [5.74, 6) is -0.662. The molecule has 4 heteroatoms. The van der Waals surface area contributed by atoms with Gasteiger partial charge in [0.1, 0.15) is 6.10 Å². The molecule has 0 spiro atoms. The Bertz CT molecular complexity index is 585. The maximum absolute atomic E-state index is 12.4. The molecule has 242 valence electrons. The molecule has 0 aliphatic carbocycles. The number of aliphatic carboxylic acids is 1. The topological polar surface area (TPSA) is 63.6 Å². The third-order valence-electron chi connectivity index (χ3n) is 8.22. The monoisotopic (exact) mass is 579 g/mol. The van der Waals surface area contributed by atoms with Gasteiger partial charge in [0.25, 0.3) is 0 Å². The summed E-state index contributed by atoms with van der Waals surface area (Å²) < 4.78 is 5.84. The van der Waals surface area contributed by atoms with Crippen molar-refractivity contribution < 1.29 is 19.4 Å². The zero-order chi connectivity index (χ0) is 30.1. The highest BCUT2D eigenvalue weighted by molar-refractivity contribution is 5.69. The molecule has 1 N–H and O–H groups in total. The van der Waals surface area contributed by atoms with Crippen molar-refractivity contribution in [1.82, 2.24) is 0 Å². The SMILES string of the molecule is CCCCCCCC/C=C\CCCCCCCCCC(=O)OC(CCC)CCCCCCCCCCCCC(=O)O. The van der Waals surface area contributed by atoms with Crippen molar-refractivity contribution in [1.29, 1.82) is 0 Å². The maximum Gasteiger partial charge on any atom is 0.306 e. The predicted octanol–water partition coefficient (Wildman–Crippen LogP) is 12.3. The van der Waals surface area contributed by atoms with Crippen LogP contribution >= 0.6 is 0 Å². The fourth-order valence-electron chi connectivity index (χ4n) is 5.59. The van der Waals surface area contributed by atoms with Gasteiger partial charge >= 0.3 is 11.9 Å². The molecule has 0 aromatic carbocycles. The summed E-state index contributed by atoms with van der Waals surface area (Å²) in [6.07, 6.45) is 40.0.